The maximum absolute atomic E-state index is 15.2. The first-order valence-electron chi connectivity index (χ1n) is 9.40. The lowest BCUT2D eigenvalue weighted by Crippen LogP contribution is -2.75. The molecule has 2 saturated heterocycles. The van der Waals surface area contributed by atoms with Crippen molar-refractivity contribution in [2.75, 3.05) is 11.4 Å². The van der Waals surface area contributed by atoms with E-state index in [0.29, 0.717) is 0 Å². The summed E-state index contributed by atoms with van der Waals surface area (Å²) in [6.45, 7) is 4.77. The third-order valence-electron chi connectivity index (χ3n) is 6.01. The highest BCUT2D eigenvalue weighted by atomic mass is 19.2. The van der Waals surface area contributed by atoms with E-state index >= 15 is 4.39 Å². The zero-order chi connectivity index (χ0) is 22.0. The fourth-order valence-electron chi connectivity index (χ4n) is 4.85. The monoisotopic (exact) mass is 422 g/mol. The van der Waals surface area contributed by atoms with Crippen LogP contribution in [0.4, 0.5) is 19.3 Å². The summed E-state index contributed by atoms with van der Waals surface area (Å²) in [5.41, 5.74) is -2.14. The van der Waals surface area contributed by atoms with Gasteiger partial charge >= 0.3 is 6.03 Å². The van der Waals surface area contributed by atoms with Gasteiger partial charge in [0.2, 0.25) is 11.8 Å². The Kier molecular flexibility index (Phi) is 4.53. The number of fused-ring (bicyclic) bond motifs is 4. The topological polar surface area (TPSA) is 120 Å². The molecule has 3 aliphatic rings. The van der Waals surface area contributed by atoms with Crippen LogP contribution in [0.1, 0.15) is 31.9 Å². The summed E-state index contributed by atoms with van der Waals surface area (Å²) in [5.74, 6) is -4.03. The number of carbonyl (C=O) groups is 3. The third kappa shape index (κ3) is 2.61. The second-order valence-electron chi connectivity index (χ2n) is 7.88. The average molecular weight is 422 g/mol. The first-order valence-corrected chi connectivity index (χ1v) is 9.40. The zero-order valence-corrected chi connectivity index (χ0v) is 16.5. The van der Waals surface area contributed by atoms with Crippen LogP contribution < -0.4 is 15.5 Å². The van der Waals surface area contributed by atoms with Crippen molar-refractivity contribution in [1.29, 1.82) is 0 Å². The number of ether oxygens (including phenoxy) is 1. The van der Waals surface area contributed by atoms with E-state index in [2.05, 4.69) is 15.8 Å². The number of nitrogens with zero attached hydrogens (tertiary/aromatic N) is 2. The van der Waals surface area contributed by atoms with Crippen LogP contribution in [0.15, 0.2) is 11.2 Å². The largest absolute Gasteiger partial charge is 0.411 e. The van der Waals surface area contributed by atoms with Gasteiger partial charge in [-0.15, -0.1) is 0 Å². The fourth-order valence-corrected chi connectivity index (χ4v) is 4.85. The van der Waals surface area contributed by atoms with Gasteiger partial charge in [-0.3, -0.25) is 20.2 Å². The normalized spacial score (nSPS) is 28.0. The van der Waals surface area contributed by atoms with Gasteiger partial charge in [0.05, 0.1) is 29.6 Å². The molecule has 4 rings (SSSR count). The van der Waals surface area contributed by atoms with Gasteiger partial charge in [0.25, 0.3) is 0 Å². The fraction of sp³-hybridized carbons (Fsp3) is 0.474. The van der Waals surface area contributed by atoms with Crippen molar-refractivity contribution in [2.45, 2.75) is 45.4 Å². The number of halogens is 2. The van der Waals surface area contributed by atoms with Crippen LogP contribution in [-0.2, 0) is 20.7 Å². The summed E-state index contributed by atoms with van der Waals surface area (Å²) < 4.78 is 35.8. The second kappa shape index (κ2) is 6.73. The molecule has 3 heterocycles. The minimum atomic E-state index is -1.80. The van der Waals surface area contributed by atoms with Gasteiger partial charge in [-0.2, -0.15) is 0 Å². The smallest absolute Gasteiger partial charge is 0.328 e. The number of imide groups is 2. The Morgan fingerprint density at radius 3 is 2.47 bits per heavy atom. The van der Waals surface area contributed by atoms with E-state index < -0.39 is 53.1 Å². The Labute approximate surface area is 170 Å². The van der Waals surface area contributed by atoms with Crippen LogP contribution in [0.3, 0.4) is 0 Å². The highest BCUT2D eigenvalue weighted by Gasteiger charge is 2.63. The Balaban J connectivity index is 1.99. The third-order valence-corrected chi connectivity index (χ3v) is 6.01. The van der Waals surface area contributed by atoms with E-state index in [4.69, 9.17) is 9.94 Å². The molecule has 0 saturated carbocycles. The predicted molar refractivity (Wildman–Crippen MR) is 99.3 cm³/mol. The molecule has 4 amide bonds. The van der Waals surface area contributed by atoms with Crippen LogP contribution in [-0.4, -0.2) is 53.6 Å². The van der Waals surface area contributed by atoms with Crippen molar-refractivity contribution in [3.63, 3.8) is 0 Å². The number of morpholine rings is 1. The summed E-state index contributed by atoms with van der Waals surface area (Å²) in [5, 5.41) is 16.2. The van der Waals surface area contributed by atoms with Gasteiger partial charge in [-0.1, -0.05) is 5.16 Å². The molecule has 9 nitrogen and oxygen atoms in total. The van der Waals surface area contributed by atoms with Gasteiger partial charge in [0.15, 0.2) is 17.0 Å². The maximum Gasteiger partial charge on any atom is 0.328 e. The predicted octanol–water partition coefficient (Wildman–Crippen LogP) is 1.05. The molecule has 2 fully saturated rings. The number of hydrogen-bond acceptors (Lipinski definition) is 7. The number of benzene rings is 1. The Bertz CT molecular complexity index is 991. The van der Waals surface area contributed by atoms with Crippen molar-refractivity contribution in [3.8, 4) is 0 Å². The Hall–Kier alpha value is -3.08. The molecular weight excluding hydrogens is 402 g/mol. The molecule has 0 aromatic heterocycles. The molecule has 3 aliphatic heterocycles. The van der Waals surface area contributed by atoms with E-state index in [1.807, 2.05) is 0 Å². The summed E-state index contributed by atoms with van der Waals surface area (Å²) in [7, 11) is 0. The van der Waals surface area contributed by atoms with Crippen molar-refractivity contribution in [2.24, 2.45) is 10.6 Å². The molecule has 160 valence electrons. The quantitative estimate of drug-likeness (QED) is 0.269. The van der Waals surface area contributed by atoms with E-state index in [1.54, 1.807) is 13.8 Å². The van der Waals surface area contributed by atoms with Gasteiger partial charge in [0.1, 0.15) is 0 Å². The van der Waals surface area contributed by atoms with Crippen molar-refractivity contribution >= 4 is 29.2 Å². The minimum Gasteiger partial charge on any atom is -0.411 e. The second-order valence-corrected chi connectivity index (χ2v) is 7.88. The number of barbiturate groups is 1. The van der Waals surface area contributed by atoms with Crippen LogP contribution in [0.2, 0.25) is 0 Å². The lowest BCUT2D eigenvalue weighted by Gasteiger charge is -2.55. The number of rotatable bonds is 1. The van der Waals surface area contributed by atoms with Crippen LogP contribution in [0.5, 0.6) is 0 Å². The van der Waals surface area contributed by atoms with Crippen LogP contribution in [0, 0.1) is 17.0 Å². The standard InChI is InChI=1S/C19H20F2N4O5/c1-7-6-25-14-10(4-11(8(2)24-29)12(20)13(14)21)5-19(15(25)9(3)30-7)16(26)22-18(28)23-17(19)27/h4,7,9,15,29H,5-6H2,1-3H3,(H2,22,23,26,27,28)/b24-8+/t7-,9+,15-/m1/s1. The number of oxime groups is 1. The molecule has 1 aromatic rings. The lowest BCUT2D eigenvalue weighted by molar-refractivity contribution is -0.153. The molecule has 1 spiro atoms. The summed E-state index contributed by atoms with van der Waals surface area (Å²) in [6, 6.07) is -0.649. The number of anilines is 1. The maximum atomic E-state index is 15.2. The Morgan fingerprint density at radius 2 is 1.87 bits per heavy atom. The average Bonchev–Trinajstić information content (AvgIpc) is 2.67. The van der Waals surface area contributed by atoms with Crippen LogP contribution in [0.25, 0.3) is 0 Å². The molecule has 1 aromatic carbocycles. The lowest BCUT2D eigenvalue weighted by atomic mass is 9.66. The number of urea groups is 1. The molecule has 3 atom stereocenters. The molecule has 30 heavy (non-hydrogen) atoms. The molecular formula is C19H20F2N4O5. The summed E-state index contributed by atoms with van der Waals surface area (Å²) >= 11 is 0. The van der Waals surface area contributed by atoms with E-state index in [1.165, 1.54) is 17.9 Å². The van der Waals surface area contributed by atoms with Crippen molar-refractivity contribution in [1.82, 2.24) is 10.6 Å². The van der Waals surface area contributed by atoms with Crippen molar-refractivity contribution < 1.29 is 33.1 Å². The number of amides is 4. The highest BCUT2D eigenvalue weighted by Crippen LogP contribution is 2.48. The van der Waals surface area contributed by atoms with Gasteiger partial charge in [0, 0.05) is 18.5 Å². The highest BCUT2D eigenvalue weighted by molar-refractivity contribution is 6.20. The van der Waals surface area contributed by atoms with Crippen molar-refractivity contribution in [3.05, 3.63) is 28.8 Å². The molecule has 0 bridgehead atoms. The molecule has 3 N–H and O–H groups in total. The minimum absolute atomic E-state index is 0.0721. The number of hydrogen-bond donors (Lipinski definition) is 3. The molecule has 11 heteroatoms. The number of nitrogens with one attached hydrogen (secondary N) is 2. The zero-order valence-electron chi connectivity index (χ0n) is 16.5. The van der Waals surface area contributed by atoms with Gasteiger partial charge in [-0.05, 0) is 32.4 Å². The number of carbonyl (C=O) groups excluding carboxylic acids is 3. The van der Waals surface area contributed by atoms with Gasteiger partial charge < -0.3 is 14.8 Å². The molecule has 0 radical (unpaired) electrons. The SMILES string of the molecule is C/C(=N\O)c1cc2c(c(F)c1F)N1C[C@@H](C)O[C@@H](C)[C@@H]1C1(C2)C(=O)NC(=O)NC1=O. The van der Waals surface area contributed by atoms with E-state index in [0.717, 1.165) is 0 Å². The summed E-state index contributed by atoms with van der Waals surface area (Å²) in [4.78, 5) is 39.1. The van der Waals surface area contributed by atoms with E-state index in [-0.39, 0.29) is 35.5 Å². The first-order chi connectivity index (χ1) is 14.1. The van der Waals surface area contributed by atoms with E-state index in [9.17, 15) is 18.8 Å². The van der Waals surface area contributed by atoms with Gasteiger partial charge in [-0.25, -0.2) is 13.6 Å². The first kappa shape index (κ1) is 20.2. The van der Waals surface area contributed by atoms with Crippen LogP contribution >= 0.6 is 0 Å². The Morgan fingerprint density at radius 1 is 1.23 bits per heavy atom. The molecule has 0 unspecified atom stereocenters. The molecule has 0 aliphatic carbocycles. The summed E-state index contributed by atoms with van der Waals surface area (Å²) in [6.07, 6.45) is -1.38.